The van der Waals surface area contributed by atoms with Crippen LogP contribution in [0.1, 0.15) is 22.9 Å². The first-order valence-electron chi connectivity index (χ1n) is 10.2. The smallest absolute Gasteiger partial charge is 0.294 e. The first-order valence-corrected chi connectivity index (χ1v) is 10.6. The standard InChI is InChI=1S/C24H17ClN4O4/c1-13-6-8-19-16(10-13)17(23(30)27-19)12-22-26-18-5-3-2-4-15(18)24(31)28(22)20-9-7-14(25)11-21(20)29(32)33/h2-11,17H,12H2,1H3,(H,27,30). The zero-order valence-corrected chi connectivity index (χ0v) is 18.2. The molecule has 0 fully saturated rings. The van der Waals surface area contributed by atoms with Crippen LogP contribution in [0.25, 0.3) is 16.6 Å². The second kappa shape index (κ2) is 7.83. The second-order valence-corrected chi connectivity index (χ2v) is 8.35. The van der Waals surface area contributed by atoms with Gasteiger partial charge in [-0.2, -0.15) is 0 Å². The van der Waals surface area contributed by atoms with Crippen LogP contribution < -0.4 is 10.9 Å². The molecule has 5 rings (SSSR count). The number of rotatable bonds is 4. The molecule has 1 aromatic heterocycles. The van der Waals surface area contributed by atoms with Crippen molar-refractivity contribution in [3.63, 3.8) is 0 Å². The maximum absolute atomic E-state index is 13.5. The molecule has 0 bridgehead atoms. The van der Waals surface area contributed by atoms with Crippen LogP contribution in [0.3, 0.4) is 0 Å². The van der Waals surface area contributed by atoms with Gasteiger partial charge >= 0.3 is 0 Å². The van der Waals surface area contributed by atoms with E-state index >= 15 is 0 Å². The molecule has 1 aliphatic rings. The molecule has 1 N–H and O–H groups in total. The van der Waals surface area contributed by atoms with Crippen LogP contribution in [0.5, 0.6) is 0 Å². The van der Waals surface area contributed by atoms with Crippen molar-refractivity contribution in [1.82, 2.24) is 9.55 Å². The van der Waals surface area contributed by atoms with E-state index in [0.717, 1.165) is 11.1 Å². The van der Waals surface area contributed by atoms with Crippen LogP contribution >= 0.6 is 11.6 Å². The van der Waals surface area contributed by atoms with Crippen LogP contribution in [0.4, 0.5) is 11.4 Å². The number of nitrogens with zero attached hydrogens (tertiary/aromatic N) is 3. The third-order valence-corrected chi connectivity index (χ3v) is 6.00. The van der Waals surface area contributed by atoms with Gasteiger partial charge in [0.05, 0.1) is 21.7 Å². The Kier molecular flexibility index (Phi) is 4.94. The summed E-state index contributed by atoms with van der Waals surface area (Å²) >= 11 is 5.99. The van der Waals surface area contributed by atoms with E-state index in [1.165, 1.54) is 22.8 Å². The Morgan fingerprint density at radius 3 is 2.70 bits per heavy atom. The number of aryl methyl sites for hydroxylation is 1. The Balaban J connectivity index is 1.76. The summed E-state index contributed by atoms with van der Waals surface area (Å²) in [6.07, 6.45) is 0.0855. The van der Waals surface area contributed by atoms with Gasteiger partial charge in [-0.1, -0.05) is 41.4 Å². The highest BCUT2D eigenvalue weighted by molar-refractivity contribution is 6.30. The number of fused-ring (bicyclic) bond motifs is 2. The van der Waals surface area contributed by atoms with E-state index in [1.807, 2.05) is 25.1 Å². The van der Waals surface area contributed by atoms with Gasteiger partial charge in [0.25, 0.3) is 11.2 Å². The van der Waals surface area contributed by atoms with Crippen molar-refractivity contribution < 1.29 is 9.72 Å². The maximum atomic E-state index is 13.5. The zero-order chi connectivity index (χ0) is 23.3. The number of nitro benzene ring substituents is 1. The molecule has 0 saturated heterocycles. The summed E-state index contributed by atoms with van der Waals surface area (Å²) in [4.78, 5) is 42.2. The van der Waals surface area contributed by atoms with Gasteiger partial charge in [-0.05, 0) is 42.8 Å². The monoisotopic (exact) mass is 460 g/mol. The number of nitro groups is 1. The molecule has 1 amide bonds. The predicted molar refractivity (Wildman–Crippen MR) is 125 cm³/mol. The first kappa shape index (κ1) is 20.8. The van der Waals surface area contributed by atoms with Crippen molar-refractivity contribution >= 4 is 39.8 Å². The number of benzene rings is 3. The molecule has 4 aromatic rings. The Bertz CT molecular complexity index is 1530. The van der Waals surface area contributed by atoms with Gasteiger partial charge < -0.3 is 5.32 Å². The van der Waals surface area contributed by atoms with Crippen molar-refractivity contribution in [2.45, 2.75) is 19.3 Å². The van der Waals surface area contributed by atoms with Crippen LogP contribution in [0.15, 0.2) is 65.5 Å². The maximum Gasteiger partial charge on any atom is 0.294 e. The Hall–Kier alpha value is -4.04. The highest BCUT2D eigenvalue weighted by Crippen LogP contribution is 2.36. The summed E-state index contributed by atoms with van der Waals surface area (Å²) < 4.78 is 1.22. The van der Waals surface area contributed by atoms with Gasteiger partial charge in [-0.15, -0.1) is 0 Å². The topological polar surface area (TPSA) is 107 Å². The number of hydrogen-bond acceptors (Lipinski definition) is 5. The van der Waals surface area contributed by atoms with Crippen molar-refractivity contribution in [1.29, 1.82) is 0 Å². The fourth-order valence-electron chi connectivity index (χ4n) is 4.23. The van der Waals surface area contributed by atoms with Gasteiger partial charge in [0.2, 0.25) is 5.91 Å². The van der Waals surface area contributed by atoms with E-state index in [2.05, 4.69) is 10.3 Å². The molecule has 33 heavy (non-hydrogen) atoms. The minimum absolute atomic E-state index is 0.0468. The van der Waals surface area contributed by atoms with Crippen molar-refractivity contribution in [3.8, 4) is 5.69 Å². The highest BCUT2D eigenvalue weighted by Gasteiger charge is 2.33. The van der Waals surface area contributed by atoms with E-state index in [9.17, 15) is 19.7 Å². The van der Waals surface area contributed by atoms with Crippen LogP contribution in [0.2, 0.25) is 5.02 Å². The van der Waals surface area contributed by atoms with Gasteiger partial charge in [0, 0.05) is 23.2 Å². The molecule has 0 aliphatic carbocycles. The molecule has 0 radical (unpaired) electrons. The number of anilines is 1. The Morgan fingerprint density at radius 1 is 1.12 bits per heavy atom. The highest BCUT2D eigenvalue weighted by atomic mass is 35.5. The normalized spacial score (nSPS) is 14.8. The summed E-state index contributed by atoms with van der Waals surface area (Å²) in [5.74, 6) is -0.556. The van der Waals surface area contributed by atoms with Gasteiger partial charge in [-0.25, -0.2) is 4.98 Å². The lowest BCUT2D eigenvalue weighted by molar-refractivity contribution is -0.384. The number of aromatic nitrogens is 2. The third kappa shape index (κ3) is 3.54. The van der Waals surface area contributed by atoms with Gasteiger partial charge in [0.15, 0.2) is 0 Å². The minimum Gasteiger partial charge on any atom is -0.325 e. The molecule has 2 heterocycles. The number of amides is 1. The van der Waals surface area contributed by atoms with Gasteiger partial charge in [-0.3, -0.25) is 24.3 Å². The second-order valence-electron chi connectivity index (χ2n) is 7.91. The van der Waals surface area contributed by atoms with Gasteiger partial charge in [0.1, 0.15) is 11.5 Å². The molecule has 9 heteroatoms. The van der Waals surface area contributed by atoms with E-state index in [-0.39, 0.29) is 34.5 Å². The lowest BCUT2D eigenvalue weighted by atomic mass is 9.95. The fourth-order valence-corrected chi connectivity index (χ4v) is 4.39. The molecule has 0 spiro atoms. The van der Waals surface area contributed by atoms with Crippen molar-refractivity contribution in [2.75, 3.05) is 5.32 Å². The van der Waals surface area contributed by atoms with E-state index < -0.39 is 16.4 Å². The largest absolute Gasteiger partial charge is 0.325 e. The molecule has 8 nitrogen and oxygen atoms in total. The number of halogens is 1. The molecule has 164 valence electrons. The first-order chi connectivity index (χ1) is 15.8. The fraction of sp³-hybridized carbons (Fsp3) is 0.125. The Morgan fingerprint density at radius 2 is 1.91 bits per heavy atom. The lowest BCUT2D eigenvalue weighted by Gasteiger charge is -2.16. The molecule has 1 unspecified atom stereocenters. The number of para-hydroxylation sites is 1. The molecular formula is C24H17ClN4O4. The Labute approximate surface area is 192 Å². The van der Waals surface area contributed by atoms with Crippen molar-refractivity contribution in [2.24, 2.45) is 0 Å². The van der Waals surface area contributed by atoms with Crippen LogP contribution in [0, 0.1) is 17.0 Å². The summed E-state index contributed by atoms with van der Waals surface area (Å²) in [6.45, 7) is 1.93. The number of nitrogens with one attached hydrogen (secondary N) is 1. The molecule has 0 saturated carbocycles. The molecular weight excluding hydrogens is 444 g/mol. The molecule has 1 aliphatic heterocycles. The summed E-state index contributed by atoms with van der Waals surface area (Å²) in [5, 5.41) is 15.1. The summed E-state index contributed by atoms with van der Waals surface area (Å²) in [7, 11) is 0. The predicted octanol–water partition coefficient (Wildman–Crippen LogP) is 4.53. The van der Waals surface area contributed by atoms with E-state index in [1.54, 1.807) is 24.3 Å². The number of hydrogen-bond donors (Lipinski definition) is 1. The van der Waals surface area contributed by atoms with Crippen LogP contribution in [-0.4, -0.2) is 20.4 Å². The van der Waals surface area contributed by atoms with E-state index in [4.69, 9.17) is 11.6 Å². The van der Waals surface area contributed by atoms with Crippen molar-refractivity contribution in [3.05, 3.63) is 103 Å². The number of carbonyl (C=O) groups is 1. The lowest BCUT2D eigenvalue weighted by Crippen LogP contribution is -2.27. The average molecular weight is 461 g/mol. The third-order valence-electron chi connectivity index (χ3n) is 5.76. The summed E-state index contributed by atoms with van der Waals surface area (Å²) in [5.41, 5.74) is 2.23. The summed E-state index contributed by atoms with van der Waals surface area (Å²) in [6, 6.07) is 16.6. The molecule has 1 atom stereocenters. The number of carbonyl (C=O) groups excluding carboxylic acids is 1. The zero-order valence-electron chi connectivity index (χ0n) is 17.4. The molecule has 3 aromatic carbocycles. The van der Waals surface area contributed by atoms with E-state index in [0.29, 0.717) is 16.6 Å². The minimum atomic E-state index is -0.592. The van der Waals surface area contributed by atoms with Crippen LogP contribution in [-0.2, 0) is 11.2 Å². The SMILES string of the molecule is Cc1ccc2c(c1)C(Cc1nc3ccccc3c(=O)n1-c1ccc(Cl)cc1[N+](=O)[O-])C(=O)N2. The average Bonchev–Trinajstić information content (AvgIpc) is 3.09. The quantitative estimate of drug-likeness (QED) is 0.355.